The first-order valence-corrected chi connectivity index (χ1v) is 12.9. The van der Waals surface area contributed by atoms with E-state index in [2.05, 4.69) is 112 Å². The normalized spacial score (nSPS) is 13.0. The molecule has 0 unspecified atom stereocenters. The Morgan fingerprint density at radius 2 is 1.21 bits per heavy atom. The molecule has 0 heterocycles. The highest BCUT2D eigenvalue weighted by Gasteiger charge is 2.34. The van der Waals surface area contributed by atoms with Crippen LogP contribution < -0.4 is 5.32 Å². The summed E-state index contributed by atoms with van der Waals surface area (Å²) in [6.45, 7) is 21.0. The third-order valence-electron chi connectivity index (χ3n) is 5.94. The van der Waals surface area contributed by atoms with Crippen LogP contribution in [0, 0.1) is 0 Å². The van der Waals surface area contributed by atoms with Crippen molar-refractivity contribution in [3.8, 4) is 11.1 Å². The van der Waals surface area contributed by atoms with Crippen LogP contribution >= 0.6 is 0 Å². The summed E-state index contributed by atoms with van der Waals surface area (Å²) < 4.78 is 0. The van der Waals surface area contributed by atoms with Crippen LogP contribution in [0.2, 0.25) is 0 Å². The van der Waals surface area contributed by atoms with Crippen LogP contribution in [0.15, 0.2) is 90.5 Å². The molecule has 0 spiro atoms. The van der Waals surface area contributed by atoms with Crippen LogP contribution in [-0.4, -0.2) is 0 Å². The minimum atomic E-state index is 0.0546. The second-order valence-corrected chi connectivity index (χ2v) is 7.99. The maximum absolute atomic E-state index is 3.58. The molecule has 0 fully saturated rings. The van der Waals surface area contributed by atoms with Gasteiger partial charge >= 0.3 is 0 Å². The van der Waals surface area contributed by atoms with Crippen molar-refractivity contribution in [1.29, 1.82) is 0 Å². The summed E-state index contributed by atoms with van der Waals surface area (Å²) in [7, 11) is 0. The van der Waals surface area contributed by atoms with Gasteiger partial charge < -0.3 is 5.32 Å². The molecule has 3 aromatic carbocycles. The number of allylic oxidation sites excluding steroid dienone is 4. The SMILES string of the molecule is C/C=C\C1=C(C)C(C)(C)c2cc(Nc3ccc(-c4ccccc4)cc3)ccc21.CC.CC.CC. The minimum Gasteiger partial charge on any atom is -0.356 e. The molecule has 1 aliphatic carbocycles. The van der Waals surface area contributed by atoms with Crippen molar-refractivity contribution in [1.82, 2.24) is 0 Å². The summed E-state index contributed by atoms with van der Waals surface area (Å²) >= 11 is 0. The Kier molecular flexibility index (Phi) is 12.1. The average molecular weight is 456 g/mol. The van der Waals surface area contributed by atoms with Crippen LogP contribution in [0.1, 0.15) is 80.4 Å². The van der Waals surface area contributed by atoms with Crippen LogP contribution in [-0.2, 0) is 5.41 Å². The predicted molar refractivity (Wildman–Crippen MR) is 156 cm³/mol. The van der Waals surface area contributed by atoms with Crippen LogP contribution in [0.25, 0.3) is 16.7 Å². The highest BCUT2D eigenvalue weighted by atomic mass is 14.9. The highest BCUT2D eigenvalue weighted by Crippen LogP contribution is 2.47. The molecule has 0 saturated heterocycles. The van der Waals surface area contributed by atoms with Crippen molar-refractivity contribution in [3.05, 3.63) is 102 Å². The van der Waals surface area contributed by atoms with Crippen LogP contribution in [0.5, 0.6) is 0 Å². The average Bonchev–Trinajstić information content (AvgIpc) is 3.09. The molecule has 0 bridgehead atoms. The van der Waals surface area contributed by atoms with Gasteiger partial charge in [0, 0.05) is 16.8 Å². The summed E-state index contributed by atoms with van der Waals surface area (Å²) in [4.78, 5) is 0. The van der Waals surface area contributed by atoms with E-state index >= 15 is 0 Å². The lowest BCUT2D eigenvalue weighted by Crippen LogP contribution is -2.15. The fourth-order valence-electron chi connectivity index (χ4n) is 4.04. The summed E-state index contributed by atoms with van der Waals surface area (Å²) in [5.41, 5.74) is 10.3. The number of anilines is 2. The molecular formula is C33H45N. The van der Waals surface area contributed by atoms with Crippen LogP contribution in [0.4, 0.5) is 11.4 Å². The molecule has 0 radical (unpaired) electrons. The zero-order valence-corrected chi connectivity index (χ0v) is 23.1. The quantitative estimate of drug-likeness (QED) is 0.412. The van der Waals surface area contributed by atoms with Crippen molar-refractivity contribution >= 4 is 16.9 Å². The van der Waals surface area contributed by atoms with E-state index in [4.69, 9.17) is 0 Å². The number of hydrogen-bond donors (Lipinski definition) is 1. The third-order valence-corrected chi connectivity index (χ3v) is 5.94. The second-order valence-electron chi connectivity index (χ2n) is 7.99. The molecule has 0 aromatic heterocycles. The van der Waals surface area contributed by atoms with Crippen LogP contribution in [0.3, 0.4) is 0 Å². The van der Waals surface area contributed by atoms with Gasteiger partial charge in [0.25, 0.3) is 0 Å². The van der Waals surface area contributed by atoms with Gasteiger partial charge in [-0.15, -0.1) is 0 Å². The molecule has 182 valence electrons. The van der Waals surface area contributed by atoms with E-state index in [-0.39, 0.29) is 5.41 Å². The smallest absolute Gasteiger partial charge is 0.0387 e. The molecule has 3 aromatic rings. The summed E-state index contributed by atoms with van der Waals surface area (Å²) in [5.74, 6) is 0. The minimum absolute atomic E-state index is 0.0546. The number of benzene rings is 3. The molecular weight excluding hydrogens is 410 g/mol. The molecule has 1 nitrogen and oxygen atoms in total. The number of fused-ring (bicyclic) bond motifs is 1. The summed E-state index contributed by atoms with van der Waals surface area (Å²) in [5, 5.41) is 3.58. The van der Waals surface area contributed by atoms with E-state index in [9.17, 15) is 0 Å². The Balaban J connectivity index is 0.000000894. The van der Waals surface area contributed by atoms with E-state index in [1.165, 1.54) is 33.4 Å². The highest BCUT2D eigenvalue weighted by molar-refractivity contribution is 5.86. The standard InChI is InChI=1S/C27H27N.3C2H6/c1-5-9-24-19(2)27(3,4)26-18-23(16-17-25(24)26)28-22-14-12-21(13-15-22)20-10-7-6-8-11-20;3*1-2/h5-18,28H,1-4H3;3*1-2H3/b9-5-;;;. The van der Waals surface area contributed by atoms with E-state index in [0.29, 0.717) is 0 Å². The first-order valence-electron chi connectivity index (χ1n) is 12.9. The molecule has 0 amide bonds. The Labute approximate surface area is 209 Å². The maximum atomic E-state index is 3.58. The first-order chi connectivity index (χ1) is 16.5. The Morgan fingerprint density at radius 1 is 0.676 bits per heavy atom. The number of nitrogens with one attached hydrogen (secondary N) is 1. The fourth-order valence-corrected chi connectivity index (χ4v) is 4.04. The van der Waals surface area contributed by atoms with Gasteiger partial charge in [-0.05, 0) is 65.9 Å². The van der Waals surface area contributed by atoms with Crippen molar-refractivity contribution < 1.29 is 0 Å². The lowest BCUT2D eigenvalue weighted by molar-refractivity contribution is 0.639. The van der Waals surface area contributed by atoms with Gasteiger partial charge in [-0.1, -0.05) is 122 Å². The molecule has 34 heavy (non-hydrogen) atoms. The summed E-state index contributed by atoms with van der Waals surface area (Å²) in [6, 6.07) is 25.9. The molecule has 0 saturated carbocycles. The predicted octanol–water partition coefficient (Wildman–Crippen LogP) is 10.8. The van der Waals surface area contributed by atoms with Gasteiger partial charge in [0.15, 0.2) is 0 Å². The van der Waals surface area contributed by atoms with Gasteiger partial charge in [-0.25, -0.2) is 0 Å². The van der Waals surface area contributed by atoms with Crippen molar-refractivity contribution in [2.75, 3.05) is 5.32 Å². The lowest BCUT2D eigenvalue weighted by Gasteiger charge is -2.23. The molecule has 0 atom stereocenters. The third kappa shape index (κ3) is 6.50. The van der Waals surface area contributed by atoms with E-state index in [1.807, 2.05) is 47.6 Å². The van der Waals surface area contributed by atoms with Gasteiger partial charge in [-0.2, -0.15) is 0 Å². The Bertz CT molecular complexity index is 1050. The zero-order chi connectivity index (χ0) is 25.7. The topological polar surface area (TPSA) is 12.0 Å². The van der Waals surface area contributed by atoms with E-state index in [0.717, 1.165) is 11.4 Å². The zero-order valence-electron chi connectivity index (χ0n) is 23.1. The van der Waals surface area contributed by atoms with Crippen molar-refractivity contribution in [3.63, 3.8) is 0 Å². The maximum Gasteiger partial charge on any atom is 0.0387 e. The number of rotatable bonds is 4. The second kappa shape index (κ2) is 14.3. The largest absolute Gasteiger partial charge is 0.356 e. The monoisotopic (exact) mass is 455 g/mol. The fraction of sp³-hybridized carbons (Fsp3) is 0.333. The summed E-state index contributed by atoms with van der Waals surface area (Å²) in [6.07, 6.45) is 4.36. The molecule has 1 aliphatic rings. The van der Waals surface area contributed by atoms with Gasteiger partial charge in [0.1, 0.15) is 0 Å². The lowest BCUT2D eigenvalue weighted by atomic mass is 9.82. The van der Waals surface area contributed by atoms with Crippen molar-refractivity contribution in [2.24, 2.45) is 0 Å². The Morgan fingerprint density at radius 3 is 1.76 bits per heavy atom. The van der Waals surface area contributed by atoms with E-state index in [1.54, 1.807) is 0 Å². The molecule has 0 aliphatic heterocycles. The Hall–Kier alpha value is -3.06. The van der Waals surface area contributed by atoms with Gasteiger partial charge in [-0.3, -0.25) is 0 Å². The van der Waals surface area contributed by atoms with Gasteiger partial charge in [0.2, 0.25) is 0 Å². The molecule has 1 heteroatoms. The number of hydrogen-bond acceptors (Lipinski definition) is 1. The first kappa shape index (κ1) is 29.0. The van der Waals surface area contributed by atoms with E-state index < -0.39 is 0 Å². The van der Waals surface area contributed by atoms with Gasteiger partial charge in [0.05, 0.1) is 0 Å². The molecule has 1 N–H and O–H groups in total. The van der Waals surface area contributed by atoms with Crippen molar-refractivity contribution in [2.45, 2.75) is 74.7 Å². The molecule has 4 rings (SSSR count).